The number of oxazole rings is 1. The Bertz CT molecular complexity index is 614. The van der Waals surface area contributed by atoms with Crippen molar-refractivity contribution in [1.82, 2.24) is 4.98 Å². The number of hydrogen-bond donors (Lipinski definition) is 2. The number of benzene rings is 1. The minimum absolute atomic E-state index is 0.439. The van der Waals surface area contributed by atoms with E-state index in [1.54, 1.807) is 6.07 Å². The Morgan fingerprint density at radius 2 is 2.35 bits per heavy atom. The maximum absolute atomic E-state index is 11.1. The van der Waals surface area contributed by atoms with E-state index >= 15 is 0 Å². The van der Waals surface area contributed by atoms with Crippen LogP contribution in [-0.4, -0.2) is 18.1 Å². The Labute approximate surface area is 98.2 Å². The van der Waals surface area contributed by atoms with Crippen LogP contribution < -0.4 is 16.4 Å². The van der Waals surface area contributed by atoms with Gasteiger partial charge in [-0.05, 0) is 18.4 Å². The zero-order chi connectivity index (χ0) is 12.0. The van der Waals surface area contributed by atoms with Gasteiger partial charge in [0.1, 0.15) is 0 Å². The maximum Gasteiger partial charge on any atom is 0.417 e. The Kier molecular flexibility index (Phi) is 2.14. The van der Waals surface area contributed by atoms with Gasteiger partial charge in [-0.1, -0.05) is 6.92 Å². The van der Waals surface area contributed by atoms with Gasteiger partial charge in [0.25, 0.3) is 0 Å². The second-order valence-electron chi connectivity index (χ2n) is 4.76. The van der Waals surface area contributed by atoms with Crippen LogP contribution in [0.15, 0.2) is 21.3 Å². The fourth-order valence-corrected chi connectivity index (χ4v) is 2.43. The predicted molar refractivity (Wildman–Crippen MR) is 67.2 cm³/mol. The third-order valence-electron chi connectivity index (χ3n) is 3.33. The zero-order valence-electron chi connectivity index (χ0n) is 9.69. The topological polar surface area (TPSA) is 75.3 Å². The molecule has 2 aromatic rings. The van der Waals surface area contributed by atoms with E-state index < -0.39 is 5.76 Å². The summed E-state index contributed by atoms with van der Waals surface area (Å²) in [5, 5.41) is 0. The van der Waals surface area contributed by atoms with Gasteiger partial charge in [0.15, 0.2) is 5.58 Å². The van der Waals surface area contributed by atoms with E-state index in [-0.39, 0.29) is 0 Å². The fraction of sp³-hybridized carbons (Fsp3) is 0.417. The number of hydrogen-bond acceptors (Lipinski definition) is 4. The summed E-state index contributed by atoms with van der Waals surface area (Å²) in [6, 6.07) is 3.61. The molecule has 3 rings (SSSR count). The largest absolute Gasteiger partial charge is 0.417 e. The molecule has 1 aliphatic rings. The average molecular weight is 233 g/mol. The molecule has 0 amide bonds. The highest BCUT2D eigenvalue weighted by atomic mass is 16.4. The first-order valence-electron chi connectivity index (χ1n) is 5.81. The van der Waals surface area contributed by atoms with Crippen molar-refractivity contribution in [2.75, 3.05) is 23.7 Å². The molecule has 1 fully saturated rings. The highest BCUT2D eigenvalue weighted by Crippen LogP contribution is 2.31. The first kappa shape index (κ1) is 10.3. The molecule has 1 unspecified atom stereocenters. The van der Waals surface area contributed by atoms with Gasteiger partial charge in [0, 0.05) is 19.2 Å². The monoisotopic (exact) mass is 233 g/mol. The molecule has 0 bridgehead atoms. The zero-order valence-corrected chi connectivity index (χ0v) is 9.69. The lowest BCUT2D eigenvalue weighted by Crippen LogP contribution is -2.20. The van der Waals surface area contributed by atoms with Gasteiger partial charge in [0.05, 0.1) is 16.9 Å². The van der Waals surface area contributed by atoms with Crippen LogP contribution in [0.2, 0.25) is 0 Å². The van der Waals surface area contributed by atoms with Gasteiger partial charge in [-0.25, -0.2) is 4.79 Å². The van der Waals surface area contributed by atoms with E-state index in [2.05, 4.69) is 16.8 Å². The third-order valence-corrected chi connectivity index (χ3v) is 3.33. The van der Waals surface area contributed by atoms with E-state index in [1.807, 2.05) is 6.07 Å². The molecule has 0 spiro atoms. The number of nitrogens with zero attached hydrogens (tertiary/aromatic N) is 1. The molecule has 0 aliphatic carbocycles. The van der Waals surface area contributed by atoms with E-state index in [0.717, 1.165) is 18.8 Å². The van der Waals surface area contributed by atoms with Crippen LogP contribution in [0.4, 0.5) is 11.4 Å². The third kappa shape index (κ3) is 1.67. The van der Waals surface area contributed by atoms with Crippen LogP contribution in [0.1, 0.15) is 13.3 Å². The normalized spacial score (nSPS) is 20.3. The molecule has 1 aromatic heterocycles. The molecule has 1 aromatic carbocycles. The van der Waals surface area contributed by atoms with Crippen molar-refractivity contribution in [3.05, 3.63) is 22.7 Å². The lowest BCUT2D eigenvalue weighted by Gasteiger charge is -2.19. The number of rotatable bonds is 1. The standard InChI is InChI=1S/C12H15N3O2/c1-7-2-3-15(6-7)10-5-9-11(4-8(10)13)17-12(16)14-9/h4-5,7H,2-3,6,13H2,1H3,(H,14,16). The second kappa shape index (κ2) is 3.55. The molecule has 1 aliphatic heterocycles. The highest BCUT2D eigenvalue weighted by Gasteiger charge is 2.21. The number of nitrogens with one attached hydrogen (secondary N) is 1. The number of nitrogen functional groups attached to an aromatic ring is 1. The minimum atomic E-state index is -0.439. The van der Waals surface area contributed by atoms with Gasteiger partial charge in [-0.2, -0.15) is 0 Å². The Morgan fingerprint density at radius 3 is 3.06 bits per heavy atom. The quantitative estimate of drug-likeness (QED) is 0.733. The van der Waals surface area contributed by atoms with Gasteiger partial charge < -0.3 is 15.1 Å². The summed E-state index contributed by atoms with van der Waals surface area (Å²) >= 11 is 0. The molecule has 2 heterocycles. The van der Waals surface area contributed by atoms with Crippen molar-refractivity contribution in [3.8, 4) is 0 Å². The van der Waals surface area contributed by atoms with E-state index in [1.165, 1.54) is 6.42 Å². The number of nitrogens with two attached hydrogens (primary N) is 1. The van der Waals surface area contributed by atoms with E-state index in [0.29, 0.717) is 22.7 Å². The summed E-state index contributed by atoms with van der Waals surface area (Å²) in [5.41, 5.74) is 8.87. The van der Waals surface area contributed by atoms with Crippen molar-refractivity contribution in [1.29, 1.82) is 0 Å². The van der Waals surface area contributed by atoms with Crippen molar-refractivity contribution in [2.45, 2.75) is 13.3 Å². The fourth-order valence-electron chi connectivity index (χ4n) is 2.43. The number of aromatic amines is 1. The molecule has 1 saturated heterocycles. The van der Waals surface area contributed by atoms with E-state index in [9.17, 15) is 4.79 Å². The Morgan fingerprint density at radius 1 is 1.53 bits per heavy atom. The predicted octanol–water partition coefficient (Wildman–Crippen LogP) is 1.55. The number of fused-ring (bicyclic) bond motifs is 1. The van der Waals surface area contributed by atoms with Gasteiger partial charge >= 0.3 is 5.76 Å². The molecule has 0 radical (unpaired) electrons. The lowest BCUT2D eigenvalue weighted by atomic mass is 10.2. The number of H-pyrrole nitrogens is 1. The van der Waals surface area contributed by atoms with Gasteiger partial charge in [-0.15, -0.1) is 0 Å². The Hall–Kier alpha value is -1.91. The van der Waals surface area contributed by atoms with Crippen molar-refractivity contribution in [2.24, 2.45) is 5.92 Å². The summed E-state index contributed by atoms with van der Waals surface area (Å²) in [6.45, 7) is 4.26. The molecule has 5 nitrogen and oxygen atoms in total. The molecule has 90 valence electrons. The summed E-state index contributed by atoms with van der Waals surface area (Å²) < 4.78 is 4.98. The van der Waals surface area contributed by atoms with Crippen LogP contribution in [0.25, 0.3) is 11.1 Å². The smallest absolute Gasteiger partial charge is 0.408 e. The molecular formula is C12H15N3O2. The average Bonchev–Trinajstić information content (AvgIpc) is 2.82. The van der Waals surface area contributed by atoms with Crippen LogP contribution in [0.3, 0.4) is 0 Å². The van der Waals surface area contributed by atoms with Crippen molar-refractivity contribution < 1.29 is 4.42 Å². The summed E-state index contributed by atoms with van der Waals surface area (Å²) in [7, 11) is 0. The van der Waals surface area contributed by atoms with E-state index in [4.69, 9.17) is 10.2 Å². The maximum atomic E-state index is 11.1. The van der Waals surface area contributed by atoms with Gasteiger partial charge in [0.2, 0.25) is 0 Å². The van der Waals surface area contributed by atoms with Crippen LogP contribution in [-0.2, 0) is 0 Å². The molecule has 3 N–H and O–H groups in total. The highest BCUT2D eigenvalue weighted by molar-refractivity contribution is 5.85. The molecule has 5 heteroatoms. The molecule has 1 atom stereocenters. The van der Waals surface area contributed by atoms with Gasteiger partial charge in [-0.3, -0.25) is 4.98 Å². The number of anilines is 2. The van der Waals surface area contributed by atoms with Crippen LogP contribution >= 0.6 is 0 Å². The first-order valence-corrected chi connectivity index (χ1v) is 5.81. The summed E-state index contributed by atoms with van der Waals surface area (Å²) in [6.07, 6.45) is 1.18. The molecule has 0 saturated carbocycles. The number of aromatic nitrogens is 1. The first-order chi connectivity index (χ1) is 8.13. The molecule has 17 heavy (non-hydrogen) atoms. The molecular weight excluding hydrogens is 218 g/mol. The van der Waals surface area contributed by atoms with Crippen LogP contribution in [0.5, 0.6) is 0 Å². The lowest BCUT2D eigenvalue weighted by molar-refractivity contribution is 0.555. The second-order valence-corrected chi connectivity index (χ2v) is 4.76. The SMILES string of the molecule is CC1CCN(c2cc3[nH]c(=O)oc3cc2N)C1. The van der Waals surface area contributed by atoms with Crippen molar-refractivity contribution >= 4 is 22.5 Å². The Balaban J connectivity index is 2.09. The van der Waals surface area contributed by atoms with Crippen molar-refractivity contribution in [3.63, 3.8) is 0 Å². The summed E-state index contributed by atoms with van der Waals surface area (Å²) in [4.78, 5) is 16.0. The van der Waals surface area contributed by atoms with Crippen LogP contribution in [0, 0.1) is 5.92 Å². The minimum Gasteiger partial charge on any atom is -0.408 e. The summed E-state index contributed by atoms with van der Waals surface area (Å²) in [5.74, 6) is 0.250.